The third kappa shape index (κ3) is 5.59. The molecule has 1 aromatic heterocycles. The zero-order chi connectivity index (χ0) is 43.7. The number of para-hydroxylation sites is 1. The van der Waals surface area contributed by atoms with Gasteiger partial charge in [-0.3, -0.25) is 0 Å². The maximum atomic E-state index is 2.52. The minimum Gasteiger partial charge on any atom is -0.310 e. The molecule has 310 valence electrons. The predicted octanol–water partition coefficient (Wildman–Crippen LogP) is 16.8. The SMILES string of the molecule is c1ccc(C2(c3ccccc3)c3ccccc3-c3cc(N(c4ccc5c(c4)C(c4ccccc4)(c4ccccc4)c4ccccc4-5)c4ccccc4-c4ccc5sccc5c4)ccc32)cc1. The zero-order valence-corrected chi connectivity index (χ0v) is 37.0. The normalized spacial score (nSPS) is 13.7. The molecule has 0 spiro atoms. The van der Waals surface area contributed by atoms with Crippen molar-refractivity contribution >= 4 is 38.5 Å². The van der Waals surface area contributed by atoms with Crippen LogP contribution in [0.15, 0.2) is 260 Å². The number of hydrogen-bond donors (Lipinski definition) is 0. The summed E-state index contributed by atoms with van der Waals surface area (Å²) >= 11 is 1.79. The molecule has 0 amide bonds. The molecule has 0 fully saturated rings. The Kier molecular flexibility index (Phi) is 8.91. The molecular weight excluding hydrogens is 815 g/mol. The lowest BCUT2D eigenvalue weighted by Gasteiger charge is -2.35. The van der Waals surface area contributed by atoms with E-state index in [0.717, 1.165) is 17.1 Å². The van der Waals surface area contributed by atoms with Crippen LogP contribution in [0.3, 0.4) is 0 Å². The van der Waals surface area contributed by atoms with E-state index >= 15 is 0 Å². The van der Waals surface area contributed by atoms with Crippen molar-refractivity contribution in [1.82, 2.24) is 0 Å². The lowest BCUT2D eigenvalue weighted by molar-refractivity contribution is 0.768. The Morgan fingerprint density at radius 1 is 0.303 bits per heavy atom. The molecule has 2 aliphatic rings. The second-order valence-corrected chi connectivity index (χ2v) is 18.5. The molecule has 2 heteroatoms. The molecule has 10 aromatic carbocycles. The largest absolute Gasteiger partial charge is 0.310 e. The molecule has 0 N–H and O–H groups in total. The Morgan fingerprint density at radius 2 is 0.758 bits per heavy atom. The van der Waals surface area contributed by atoms with Crippen LogP contribution in [0.1, 0.15) is 44.5 Å². The monoisotopic (exact) mass is 857 g/mol. The van der Waals surface area contributed by atoms with Crippen molar-refractivity contribution in [2.24, 2.45) is 0 Å². The van der Waals surface area contributed by atoms with Gasteiger partial charge in [-0.1, -0.05) is 206 Å². The lowest BCUT2D eigenvalue weighted by atomic mass is 9.67. The second-order valence-electron chi connectivity index (χ2n) is 17.5. The van der Waals surface area contributed by atoms with Crippen molar-refractivity contribution in [1.29, 1.82) is 0 Å². The molecule has 0 saturated heterocycles. The summed E-state index contributed by atoms with van der Waals surface area (Å²) in [5.41, 5.74) is 19.9. The fourth-order valence-electron chi connectivity index (χ4n) is 11.6. The number of rotatable bonds is 8. The summed E-state index contributed by atoms with van der Waals surface area (Å²) in [6.45, 7) is 0. The molecule has 0 bridgehead atoms. The fourth-order valence-corrected chi connectivity index (χ4v) is 12.4. The molecule has 1 nitrogen and oxygen atoms in total. The molecule has 0 radical (unpaired) electrons. The highest BCUT2D eigenvalue weighted by Gasteiger charge is 2.48. The van der Waals surface area contributed by atoms with Crippen molar-refractivity contribution < 1.29 is 0 Å². The first kappa shape index (κ1) is 38.4. The van der Waals surface area contributed by atoms with Crippen LogP contribution in [0.2, 0.25) is 0 Å². The molecule has 11 aromatic rings. The first-order valence-corrected chi connectivity index (χ1v) is 23.7. The number of thiophene rings is 1. The topological polar surface area (TPSA) is 3.24 Å². The van der Waals surface area contributed by atoms with Crippen molar-refractivity contribution in [3.05, 3.63) is 305 Å². The number of anilines is 3. The average molecular weight is 858 g/mol. The maximum Gasteiger partial charge on any atom is 0.0714 e. The fraction of sp³-hybridized carbons (Fsp3) is 0.0312. The van der Waals surface area contributed by atoms with Gasteiger partial charge in [-0.15, -0.1) is 11.3 Å². The van der Waals surface area contributed by atoms with E-state index in [-0.39, 0.29) is 0 Å². The minimum absolute atomic E-state index is 0.490. The summed E-state index contributed by atoms with van der Waals surface area (Å²) in [5, 5.41) is 3.45. The van der Waals surface area contributed by atoms with Crippen molar-refractivity contribution in [2.45, 2.75) is 10.8 Å². The van der Waals surface area contributed by atoms with E-state index in [1.54, 1.807) is 11.3 Å². The lowest BCUT2D eigenvalue weighted by Crippen LogP contribution is -2.29. The van der Waals surface area contributed by atoms with Gasteiger partial charge < -0.3 is 4.90 Å². The summed E-state index contributed by atoms with van der Waals surface area (Å²) in [6.07, 6.45) is 0. The van der Waals surface area contributed by atoms with Crippen LogP contribution in [-0.4, -0.2) is 0 Å². The van der Waals surface area contributed by atoms with E-state index in [0.29, 0.717) is 0 Å². The number of nitrogens with zero attached hydrogens (tertiary/aromatic N) is 1. The van der Waals surface area contributed by atoms with Gasteiger partial charge in [0.1, 0.15) is 0 Å². The van der Waals surface area contributed by atoms with Crippen LogP contribution in [0.25, 0.3) is 43.5 Å². The molecular formula is C64H43NS. The zero-order valence-electron chi connectivity index (χ0n) is 36.2. The molecule has 0 saturated carbocycles. The molecule has 0 unspecified atom stereocenters. The number of benzene rings is 10. The van der Waals surface area contributed by atoms with E-state index in [1.807, 2.05) is 0 Å². The van der Waals surface area contributed by atoms with Crippen molar-refractivity contribution in [3.63, 3.8) is 0 Å². The maximum absolute atomic E-state index is 2.52. The second kappa shape index (κ2) is 15.3. The summed E-state index contributed by atoms with van der Waals surface area (Å²) in [4.78, 5) is 2.52. The Labute approximate surface area is 390 Å². The molecule has 66 heavy (non-hydrogen) atoms. The third-order valence-corrected chi connectivity index (χ3v) is 15.2. The van der Waals surface area contributed by atoms with Gasteiger partial charge in [0.15, 0.2) is 0 Å². The molecule has 0 atom stereocenters. The van der Waals surface area contributed by atoms with Crippen LogP contribution in [-0.2, 0) is 10.8 Å². The summed E-state index contributed by atoms with van der Waals surface area (Å²) in [6, 6.07) is 95.0. The van der Waals surface area contributed by atoms with Gasteiger partial charge in [-0.05, 0) is 132 Å². The Hall–Kier alpha value is -8.04. The summed E-state index contributed by atoms with van der Waals surface area (Å²) in [7, 11) is 0. The smallest absolute Gasteiger partial charge is 0.0714 e. The summed E-state index contributed by atoms with van der Waals surface area (Å²) < 4.78 is 1.29. The standard InChI is InChI=1S/C64H43NS/c1-5-19-46(20-6-1)63(47-21-7-2-8-22-47)58-31-17-14-29-54(58)56-42-50(35-37-59(56)63)65(61-32-18-15-27-52(61)44-33-38-62-45(41-44)39-40-66-62)51-34-36-55-53-28-13-16-30-57(53)64(60(55)43-51,48-23-9-3-10-24-48)49-25-11-4-12-26-49/h1-43H. The van der Waals surface area contributed by atoms with Crippen molar-refractivity contribution in [2.75, 3.05) is 4.90 Å². The van der Waals surface area contributed by atoms with E-state index in [1.165, 1.54) is 88.0 Å². The summed E-state index contributed by atoms with van der Waals surface area (Å²) in [5.74, 6) is 0. The van der Waals surface area contributed by atoms with Gasteiger partial charge in [0.05, 0.1) is 16.5 Å². The van der Waals surface area contributed by atoms with Crippen LogP contribution in [0, 0.1) is 0 Å². The number of hydrogen-bond acceptors (Lipinski definition) is 2. The van der Waals surface area contributed by atoms with E-state index in [9.17, 15) is 0 Å². The van der Waals surface area contributed by atoms with Crippen molar-refractivity contribution in [3.8, 4) is 33.4 Å². The van der Waals surface area contributed by atoms with Crippen LogP contribution < -0.4 is 4.90 Å². The third-order valence-electron chi connectivity index (χ3n) is 14.3. The average Bonchev–Trinajstić information content (AvgIpc) is 4.08. The first-order chi connectivity index (χ1) is 32.7. The molecule has 0 aliphatic heterocycles. The highest BCUT2D eigenvalue weighted by Crippen LogP contribution is 2.60. The van der Waals surface area contributed by atoms with Gasteiger partial charge >= 0.3 is 0 Å². The van der Waals surface area contributed by atoms with Crippen LogP contribution >= 0.6 is 11.3 Å². The Bertz CT molecular complexity index is 3510. The van der Waals surface area contributed by atoms with Crippen LogP contribution in [0.4, 0.5) is 17.1 Å². The Balaban J connectivity index is 1.10. The minimum atomic E-state index is -0.540. The highest BCUT2D eigenvalue weighted by molar-refractivity contribution is 7.17. The van der Waals surface area contributed by atoms with E-state index < -0.39 is 10.8 Å². The molecule has 13 rings (SSSR count). The molecule has 2 aliphatic carbocycles. The van der Waals surface area contributed by atoms with Gasteiger partial charge in [0.25, 0.3) is 0 Å². The predicted molar refractivity (Wildman–Crippen MR) is 277 cm³/mol. The van der Waals surface area contributed by atoms with Crippen LogP contribution in [0.5, 0.6) is 0 Å². The quantitative estimate of drug-likeness (QED) is 0.147. The van der Waals surface area contributed by atoms with Gasteiger partial charge in [-0.2, -0.15) is 0 Å². The molecule has 1 heterocycles. The Morgan fingerprint density at radius 3 is 1.36 bits per heavy atom. The highest BCUT2D eigenvalue weighted by atomic mass is 32.1. The van der Waals surface area contributed by atoms with Gasteiger partial charge in [0, 0.05) is 21.6 Å². The van der Waals surface area contributed by atoms with Gasteiger partial charge in [-0.25, -0.2) is 0 Å². The van der Waals surface area contributed by atoms with Gasteiger partial charge in [0.2, 0.25) is 0 Å². The van der Waals surface area contributed by atoms with E-state index in [2.05, 4.69) is 265 Å². The van der Waals surface area contributed by atoms with E-state index in [4.69, 9.17) is 0 Å². The number of fused-ring (bicyclic) bond motifs is 7. The first-order valence-electron chi connectivity index (χ1n) is 22.8.